The Morgan fingerprint density at radius 3 is 2.63 bits per heavy atom. The highest BCUT2D eigenvalue weighted by Crippen LogP contribution is 2.17. The average molecular weight is 262 g/mol. The number of likely N-dealkylation sites (tertiary alicyclic amines) is 1. The molecule has 19 heavy (non-hydrogen) atoms. The molecule has 0 aliphatic carbocycles. The van der Waals surface area contributed by atoms with Gasteiger partial charge in [-0.3, -0.25) is 0 Å². The topological polar surface area (TPSA) is 35.5 Å². The van der Waals surface area contributed by atoms with Crippen LogP contribution >= 0.6 is 0 Å². The Morgan fingerprint density at radius 2 is 1.89 bits per heavy atom. The molecule has 0 atom stereocenters. The molecule has 1 aliphatic rings. The largest absolute Gasteiger partial charge is 0.508 e. The second-order valence-electron chi connectivity index (χ2n) is 5.56. The summed E-state index contributed by atoms with van der Waals surface area (Å²) in [6, 6.07) is 5.77. The van der Waals surface area contributed by atoms with Crippen molar-refractivity contribution < 1.29 is 5.11 Å². The van der Waals surface area contributed by atoms with Gasteiger partial charge in [0.15, 0.2) is 0 Å². The molecule has 0 unspecified atom stereocenters. The van der Waals surface area contributed by atoms with Gasteiger partial charge in [0.2, 0.25) is 0 Å². The minimum atomic E-state index is 0.396. The number of aryl methyl sites for hydroxylation is 1. The Bertz CT molecular complexity index is 384. The van der Waals surface area contributed by atoms with Crippen molar-refractivity contribution in [2.24, 2.45) is 0 Å². The van der Waals surface area contributed by atoms with Gasteiger partial charge in [0, 0.05) is 25.2 Å². The van der Waals surface area contributed by atoms with Crippen LogP contribution in [-0.4, -0.2) is 36.2 Å². The van der Waals surface area contributed by atoms with Crippen molar-refractivity contribution in [2.75, 3.05) is 26.2 Å². The van der Waals surface area contributed by atoms with E-state index in [9.17, 15) is 5.11 Å². The molecule has 0 radical (unpaired) electrons. The Balaban J connectivity index is 1.69. The van der Waals surface area contributed by atoms with Gasteiger partial charge < -0.3 is 15.3 Å². The van der Waals surface area contributed by atoms with Crippen LogP contribution < -0.4 is 5.32 Å². The summed E-state index contributed by atoms with van der Waals surface area (Å²) >= 11 is 0. The van der Waals surface area contributed by atoms with Crippen molar-refractivity contribution in [3.8, 4) is 5.75 Å². The maximum absolute atomic E-state index is 9.77. The SMILES string of the molecule is Cc1ccc(O)c(CNCCN2CCCCCC2)c1. The van der Waals surface area contributed by atoms with E-state index in [2.05, 4.69) is 17.1 Å². The van der Waals surface area contributed by atoms with Crippen molar-refractivity contribution in [1.29, 1.82) is 0 Å². The van der Waals surface area contributed by atoms with Crippen LogP contribution in [0.15, 0.2) is 18.2 Å². The molecule has 0 aromatic heterocycles. The van der Waals surface area contributed by atoms with Crippen molar-refractivity contribution in [3.63, 3.8) is 0 Å². The predicted octanol–water partition coefficient (Wildman–Crippen LogP) is 2.67. The first kappa shape index (κ1) is 14.4. The van der Waals surface area contributed by atoms with Crippen LogP contribution in [0.3, 0.4) is 0 Å². The van der Waals surface area contributed by atoms with E-state index in [1.54, 1.807) is 6.07 Å². The van der Waals surface area contributed by atoms with E-state index in [-0.39, 0.29) is 0 Å². The summed E-state index contributed by atoms with van der Waals surface area (Å²) in [6.45, 7) is 7.41. The van der Waals surface area contributed by atoms with Crippen molar-refractivity contribution in [1.82, 2.24) is 10.2 Å². The molecule has 1 saturated heterocycles. The van der Waals surface area contributed by atoms with Crippen LogP contribution in [0.25, 0.3) is 0 Å². The Labute approximate surface area is 116 Å². The number of nitrogens with one attached hydrogen (secondary N) is 1. The summed E-state index contributed by atoms with van der Waals surface area (Å²) in [4.78, 5) is 2.55. The van der Waals surface area contributed by atoms with Gasteiger partial charge in [-0.05, 0) is 38.9 Å². The molecule has 0 saturated carbocycles. The monoisotopic (exact) mass is 262 g/mol. The maximum atomic E-state index is 9.77. The molecule has 3 heteroatoms. The first-order chi connectivity index (χ1) is 9.25. The average Bonchev–Trinajstić information content (AvgIpc) is 2.67. The lowest BCUT2D eigenvalue weighted by molar-refractivity contribution is 0.284. The molecule has 1 fully saturated rings. The zero-order valence-electron chi connectivity index (χ0n) is 12.0. The summed E-state index contributed by atoms with van der Waals surface area (Å²) in [7, 11) is 0. The van der Waals surface area contributed by atoms with Gasteiger partial charge >= 0.3 is 0 Å². The number of aromatic hydroxyl groups is 1. The summed E-state index contributed by atoms with van der Waals surface area (Å²) in [5.74, 6) is 0.396. The molecular weight excluding hydrogens is 236 g/mol. The van der Waals surface area contributed by atoms with Gasteiger partial charge in [0.05, 0.1) is 0 Å². The van der Waals surface area contributed by atoms with Crippen LogP contribution in [0.1, 0.15) is 36.8 Å². The maximum Gasteiger partial charge on any atom is 0.120 e. The van der Waals surface area contributed by atoms with Crippen LogP contribution in [0, 0.1) is 6.92 Å². The molecule has 0 amide bonds. The summed E-state index contributed by atoms with van der Waals surface area (Å²) in [6.07, 6.45) is 5.47. The van der Waals surface area contributed by atoms with Crippen LogP contribution in [0.4, 0.5) is 0 Å². The van der Waals surface area contributed by atoms with Crippen molar-refractivity contribution >= 4 is 0 Å². The molecule has 1 aromatic rings. The number of rotatable bonds is 5. The standard InChI is InChI=1S/C16H26N2O/c1-14-6-7-16(19)15(12-14)13-17-8-11-18-9-4-2-3-5-10-18/h6-7,12,17,19H,2-5,8-11,13H2,1H3. The summed E-state index contributed by atoms with van der Waals surface area (Å²) in [5, 5.41) is 13.2. The highest BCUT2D eigenvalue weighted by molar-refractivity contribution is 5.35. The van der Waals surface area contributed by atoms with Gasteiger partial charge in [-0.25, -0.2) is 0 Å². The zero-order chi connectivity index (χ0) is 13.5. The normalized spacial score (nSPS) is 17.3. The Morgan fingerprint density at radius 1 is 1.16 bits per heavy atom. The third-order valence-electron chi connectivity index (χ3n) is 3.85. The molecule has 1 heterocycles. The number of phenols is 1. The Hall–Kier alpha value is -1.06. The lowest BCUT2D eigenvalue weighted by atomic mass is 10.1. The molecule has 0 bridgehead atoms. The second kappa shape index (κ2) is 7.51. The van der Waals surface area contributed by atoms with Crippen molar-refractivity contribution in [3.05, 3.63) is 29.3 Å². The summed E-state index contributed by atoms with van der Waals surface area (Å²) in [5.41, 5.74) is 2.19. The molecule has 2 rings (SSSR count). The van der Waals surface area contributed by atoms with E-state index in [0.29, 0.717) is 5.75 Å². The van der Waals surface area contributed by atoms with Gasteiger partial charge in [-0.1, -0.05) is 30.5 Å². The van der Waals surface area contributed by atoms with E-state index < -0.39 is 0 Å². The molecule has 0 spiro atoms. The minimum Gasteiger partial charge on any atom is -0.508 e. The smallest absolute Gasteiger partial charge is 0.120 e. The summed E-state index contributed by atoms with van der Waals surface area (Å²) < 4.78 is 0. The number of hydrogen-bond donors (Lipinski definition) is 2. The van der Waals surface area contributed by atoms with Crippen LogP contribution in [0.2, 0.25) is 0 Å². The fourth-order valence-electron chi connectivity index (χ4n) is 2.68. The van der Waals surface area contributed by atoms with Crippen molar-refractivity contribution in [2.45, 2.75) is 39.2 Å². The number of hydrogen-bond acceptors (Lipinski definition) is 3. The molecule has 3 nitrogen and oxygen atoms in total. The lowest BCUT2D eigenvalue weighted by Crippen LogP contribution is -2.32. The first-order valence-corrected chi connectivity index (χ1v) is 7.47. The number of nitrogens with zero attached hydrogens (tertiary/aromatic N) is 1. The molecule has 1 aromatic carbocycles. The van der Waals surface area contributed by atoms with Crippen LogP contribution in [-0.2, 0) is 6.54 Å². The second-order valence-corrected chi connectivity index (χ2v) is 5.56. The predicted molar refractivity (Wildman–Crippen MR) is 79.5 cm³/mol. The highest BCUT2D eigenvalue weighted by Gasteiger charge is 2.08. The van der Waals surface area contributed by atoms with E-state index in [4.69, 9.17) is 0 Å². The third kappa shape index (κ3) is 4.84. The molecular formula is C16H26N2O. The highest BCUT2D eigenvalue weighted by atomic mass is 16.3. The first-order valence-electron chi connectivity index (χ1n) is 7.47. The van der Waals surface area contributed by atoms with Gasteiger partial charge in [-0.15, -0.1) is 0 Å². The number of phenolic OH excluding ortho intramolecular Hbond substituents is 1. The van der Waals surface area contributed by atoms with Crippen LogP contribution in [0.5, 0.6) is 5.75 Å². The number of benzene rings is 1. The lowest BCUT2D eigenvalue weighted by Gasteiger charge is -2.19. The minimum absolute atomic E-state index is 0.396. The third-order valence-corrected chi connectivity index (χ3v) is 3.85. The molecule has 1 aliphatic heterocycles. The Kier molecular flexibility index (Phi) is 5.67. The van der Waals surface area contributed by atoms with Gasteiger partial charge in [-0.2, -0.15) is 0 Å². The molecule has 106 valence electrons. The zero-order valence-corrected chi connectivity index (χ0v) is 12.0. The molecule has 2 N–H and O–H groups in total. The van der Waals surface area contributed by atoms with Gasteiger partial charge in [0.25, 0.3) is 0 Å². The van der Waals surface area contributed by atoms with Gasteiger partial charge in [0.1, 0.15) is 5.75 Å². The van der Waals surface area contributed by atoms with E-state index in [1.165, 1.54) is 44.3 Å². The quantitative estimate of drug-likeness (QED) is 0.801. The fraction of sp³-hybridized carbons (Fsp3) is 0.625. The van der Waals surface area contributed by atoms with E-state index in [1.807, 2.05) is 12.1 Å². The van der Waals surface area contributed by atoms with E-state index >= 15 is 0 Å². The van der Waals surface area contributed by atoms with E-state index in [0.717, 1.165) is 25.2 Å². The fourth-order valence-corrected chi connectivity index (χ4v) is 2.68.